The molecule has 0 aromatic carbocycles. The summed E-state index contributed by atoms with van der Waals surface area (Å²) in [4.78, 5) is 2.49. The third-order valence-electron chi connectivity index (χ3n) is 3.44. The number of hydrogen-bond acceptors (Lipinski definition) is 3. The lowest BCUT2D eigenvalue weighted by molar-refractivity contribution is -0.0327. The molecule has 2 unspecified atom stereocenters. The van der Waals surface area contributed by atoms with Crippen LogP contribution in [0.3, 0.4) is 0 Å². The lowest BCUT2D eigenvalue weighted by Crippen LogP contribution is -2.35. The van der Waals surface area contributed by atoms with Crippen molar-refractivity contribution in [2.24, 2.45) is 0 Å². The Labute approximate surface area is 104 Å². The summed E-state index contributed by atoms with van der Waals surface area (Å²) < 4.78 is 35.8. The van der Waals surface area contributed by atoms with Crippen molar-refractivity contribution in [3.8, 4) is 0 Å². The van der Waals surface area contributed by atoms with E-state index in [1.807, 2.05) is 0 Å². The number of halogens is 3. The van der Waals surface area contributed by atoms with Crippen LogP contribution in [0, 0.1) is 0 Å². The zero-order valence-electron chi connectivity index (χ0n) is 9.96. The lowest BCUT2D eigenvalue weighted by Gasteiger charge is -2.19. The topological polar surface area (TPSA) is 15.3 Å². The van der Waals surface area contributed by atoms with Gasteiger partial charge in [-0.15, -0.1) is 0 Å². The van der Waals surface area contributed by atoms with Crippen molar-refractivity contribution < 1.29 is 13.2 Å². The predicted octanol–water partition coefficient (Wildman–Crippen LogP) is 2.45. The molecule has 1 saturated heterocycles. The van der Waals surface area contributed by atoms with Crippen LogP contribution in [0.1, 0.15) is 26.2 Å². The fourth-order valence-electron chi connectivity index (χ4n) is 2.55. The minimum Gasteiger partial charge on any atom is -0.312 e. The summed E-state index contributed by atoms with van der Waals surface area (Å²) >= 11 is 0.0611. The Morgan fingerprint density at radius 3 is 2.65 bits per heavy atom. The second kappa shape index (κ2) is 5.36. The standard InChI is InChI=1S/C11H19F3N2S/c1-8-6-9(7-16(8)10-2-3-10)15-4-5-17-11(12,13)14/h8-10,15H,2-7H2,1H3. The van der Waals surface area contributed by atoms with Gasteiger partial charge in [-0.25, -0.2) is 0 Å². The van der Waals surface area contributed by atoms with Gasteiger partial charge in [-0.05, 0) is 37.9 Å². The summed E-state index contributed by atoms with van der Waals surface area (Å²) in [5.41, 5.74) is -4.09. The van der Waals surface area contributed by atoms with Gasteiger partial charge in [-0.3, -0.25) is 4.90 Å². The molecule has 2 rings (SSSR count). The molecule has 1 N–H and O–H groups in total. The highest BCUT2D eigenvalue weighted by Gasteiger charge is 2.38. The number of nitrogens with one attached hydrogen (secondary N) is 1. The van der Waals surface area contributed by atoms with Crippen molar-refractivity contribution in [3.63, 3.8) is 0 Å². The van der Waals surface area contributed by atoms with E-state index in [4.69, 9.17) is 0 Å². The van der Waals surface area contributed by atoms with Gasteiger partial charge >= 0.3 is 5.51 Å². The van der Waals surface area contributed by atoms with E-state index in [0.717, 1.165) is 19.0 Å². The zero-order chi connectivity index (χ0) is 12.5. The number of hydrogen-bond donors (Lipinski definition) is 1. The minimum atomic E-state index is -4.09. The highest BCUT2D eigenvalue weighted by atomic mass is 32.2. The second-order valence-corrected chi connectivity index (χ2v) is 6.12. The molecule has 1 heterocycles. The van der Waals surface area contributed by atoms with E-state index in [0.29, 0.717) is 18.6 Å². The maximum Gasteiger partial charge on any atom is 0.441 e. The maximum atomic E-state index is 11.9. The Morgan fingerprint density at radius 2 is 2.06 bits per heavy atom. The monoisotopic (exact) mass is 268 g/mol. The minimum absolute atomic E-state index is 0.0611. The number of nitrogens with zero attached hydrogens (tertiary/aromatic N) is 1. The first-order valence-electron chi connectivity index (χ1n) is 6.15. The molecule has 0 radical (unpaired) electrons. The summed E-state index contributed by atoms with van der Waals surface area (Å²) in [6.45, 7) is 3.66. The molecular formula is C11H19F3N2S. The van der Waals surface area contributed by atoms with Gasteiger partial charge in [0.2, 0.25) is 0 Å². The number of likely N-dealkylation sites (tertiary alicyclic amines) is 1. The van der Waals surface area contributed by atoms with Gasteiger partial charge in [-0.1, -0.05) is 0 Å². The Balaban J connectivity index is 1.61. The maximum absolute atomic E-state index is 11.9. The quantitative estimate of drug-likeness (QED) is 0.771. The SMILES string of the molecule is CC1CC(NCCSC(F)(F)F)CN1C1CC1. The average Bonchev–Trinajstić information content (AvgIpc) is 2.97. The first-order chi connectivity index (χ1) is 7.96. The Kier molecular flexibility index (Phi) is 4.26. The van der Waals surface area contributed by atoms with E-state index >= 15 is 0 Å². The molecule has 0 bridgehead atoms. The van der Waals surface area contributed by atoms with E-state index in [1.54, 1.807) is 0 Å². The summed E-state index contributed by atoms with van der Waals surface area (Å²) in [5, 5.41) is 3.23. The first-order valence-corrected chi connectivity index (χ1v) is 7.14. The van der Waals surface area contributed by atoms with Crippen molar-refractivity contribution in [1.82, 2.24) is 10.2 Å². The molecule has 6 heteroatoms. The number of alkyl halides is 3. The number of rotatable bonds is 5. The fraction of sp³-hybridized carbons (Fsp3) is 1.00. The average molecular weight is 268 g/mol. The van der Waals surface area contributed by atoms with Gasteiger partial charge in [0.15, 0.2) is 0 Å². The van der Waals surface area contributed by atoms with Gasteiger partial charge in [0.1, 0.15) is 0 Å². The summed E-state index contributed by atoms with van der Waals surface area (Å²) in [6.07, 6.45) is 3.65. The van der Waals surface area contributed by atoms with Crippen molar-refractivity contribution >= 4 is 11.8 Å². The zero-order valence-corrected chi connectivity index (χ0v) is 10.8. The van der Waals surface area contributed by atoms with Crippen LogP contribution in [0.15, 0.2) is 0 Å². The molecule has 1 aliphatic carbocycles. The normalized spacial score (nSPS) is 31.1. The van der Waals surface area contributed by atoms with Gasteiger partial charge < -0.3 is 5.32 Å². The van der Waals surface area contributed by atoms with Gasteiger partial charge in [-0.2, -0.15) is 13.2 Å². The van der Waals surface area contributed by atoms with E-state index < -0.39 is 5.51 Å². The van der Waals surface area contributed by atoms with Gasteiger partial charge in [0.25, 0.3) is 0 Å². The summed E-state index contributed by atoms with van der Waals surface area (Å²) in [6, 6.07) is 1.70. The Morgan fingerprint density at radius 1 is 1.35 bits per heavy atom. The molecule has 0 spiro atoms. The first kappa shape index (κ1) is 13.5. The molecule has 2 nitrogen and oxygen atoms in total. The number of thioether (sulfide) groups is 1. The third-order valence-corrected chi connectivity index (χ3v) is 4.18. The smallest absolute Gasteiger partial charge is 0.312 e. The van der Waals surface area contributed by atoms with Crippen molar-refractivity contribution in [2.75, 3.05) is 18.8 Å². The molecule has 2 atom stereocenters. The molecule has 0 aromatic heterocycles. The molecule has 100 valence electrons. The lowest BCUT2D eigenvalue weighted by atomic mass is 10.2. The van der Waals surface area contributed by atoms with Gasteiger partial charge in [0.05, 0.1) is 0 Å². The Hall–Kier alpha value is 0.0600. The van der Waals surface area contributed by atoms with Crippen LogP contribution in [0.2, 0.25) is 0 Å². The van der Waals surface area contributed by atoms with Crippen LogP contribution in [0.4, 0.5) is 13.2 Å². The van der Waals surface area contributed by atoms with Crippen molar-refractivity contribution in [2.45, 2.75) is 49.8 Å². The molecule has 1 saturated carbocycles. The van der Waals surface area contributed by atoms with E-state index in [1.165, 1.54) is 12.8 Å². The van der Waals surface area contributed by atoms with Crippen LogP contribution < -0.4 is 5.32 Å². The van der Waals surface area contributed by atoms with Crippen molar-refractivity contribution in [1.29, 1.82) is 0 Å². The molecule has 0 amide bonds. The molecule has 0 aromatic rings. The summed E-state index contributed by atoms with van der Waals surface area (Å²) in [5.74, 6) is 0.109. The molecular weight excluding hydrogens is 249 g/mol. The van der Waals surface area contributed by atoms with E-state index in [9.17, 15) is 13.2 Å². The van der Waals surface area contributed by atoms with Crippen LogP contribution >= 0.6 is 11.8 Å². The summed E-state index contributed by atoms with van der Waals surface area (Å²) in [7, 11) is 0. The highest BCUT2D eigenvalue weighted by molar-refractivity contribution is 8.00. The fourth-order valence-corrected chi connectivity index (χ4v) is 3.00. The molecule has 17 heavy (non-hydrogen) atoms. The van der Waals surface area contributed by atoms with Crippen LogP contribution in [0.25, 0.3) is 0 Å². The second-order valence-electron chi connectivity index (χ2n) is 4.96. The van der Waals surface area contributed by atoms with Crippen LogP contribution in [-0.2, 0) is 0 Å². The van der Waals surface area contributed by atoms with E-state index in [2.05, 4.69) is 17.1 Å². The van der Waals surface area contributed by atoms with Gasteiger partial charge in [0, 0.05) is 37.0 Å². The largest absolute Gasteiger partial charge is 0.441 e. The molecule has 1 aliphatic heterocycles. The van der Waals surface area contributed by atoms with E-state index in [-0.39, 0.29) is 17.5 Å². The predicted molar refractivity (Wildman–Crippen MR) is 64.1 cm³/mol. The Bertz CT molecular complexity index is 256. The van der Waals surface area contributed by atoms with Crippen LogP contribution in [0.5, 0.6) is 0 Å². The highest BCUT2D eigenvalue weighted by Crippen LogP contribution is 2.33. The van der Waals surface area contributed by atoms with Crippen LogP contribution in [-0.4, -0.2) is 47.4 Å². The third kappa shape index (κ3) is 4.34. The van der Waals surface area contributed by atoms with Crippen molar-refractivity contribution in [3.05, 3.63) is 0 Å². The molecule has 2 aliphatic rings. The molecule has 2 fully saturated rings.